The number of rotatable bonds is 7. The summed E-state index contributed by atoms with van der Waals surface area (Å²) in [6.45, 7) is 8.22. The zero-order valence-electron chi connectivity index (χ0n) is 10.5. The minimum Gasteiger partial charge on any atom is -0.481 e. The van der Waals surface area contributed by atoms with Crippen molar-refractivity contribution >= 4 is 11.9 Å². The van der Waals surface area contributed by atoms with Gasteiger partial charge in [0.1, 0.15) is 12.5 Å². The maximum Gasteiger partial charge on any atom is 0.317 e. The van der Waals surface area contributed by atoms with Gasteiger partial charge in [0.25, 0.3) is 0 Å². The Kier molecular flexibility index (Phi) is 6.77. The molecule has 0 unspecified atom stereocenters. The standard InChI is InChI=1S/C12H22O4/c1-8(2)5-10(6-9(3)4)16-12(15)7-11(13)14/h8-10H,5-7H2,1-4H3,(H,13,14). The Hall–Kier alpha value is -1.06. The molecule has 0 spiro atoms. The van der Waals surface area contributed by atoms with E-state index in [0.29, 0.717) is 11.8 Å². The van der Waals surface area contributed by atoms with Crippen LogP contribution in [-0.2, 0) is 14.3 Å². The molecular weight excluding hydrogens is 208 g/mol. The fourth-order valence-corrected chi connectivity index (χ4v) is 1.60. The van der Waals surface area contributed by atoms with E-state index in [4.69, 9.17) is 9.84 Å². The second kappa shape index (κ2) is 7.25. The Balaban J connectivity index is 4.18. The van der Waals surface area contributed by atoms with Gasteiger partial charge < -0.3 is 9.84 Å². The van der Waals surface area contributed by atoms with Crippen LogP contribution in [0.4, 0.5) is 0 Å². The summed E-state index contributed by atoms with van der Waals surface area (Å²) in [5.41, 5.74) is 0. The van der Waals surface area contributed by atoms with Gasteiger partial charge >= 0.3 is 11.9 Å². The summed E-state index contributed by atoms with van der Waals surface area (Å²) in [6.07, 6.45) is 0.853. The molecule has 0 bridgehead atoms. The SMILES string of the molecule is CC(C)CC(CC(C)C)OC(=O)CC(=O)O. The van der Waals surface area contributed by atoms with Crippen molar-refractivity contribution in [2.24, 2.45) is 11.8 Å². The minimum atomic E-state index is -1.14. The molecule has 0 saturated heterocycles. The Morgan fingerprint density at radius 3 is 1.81 bits per heavy atom. The van der Waals surface area contributed by atoms with Crippen molar-refractivity contribution in [3.8, 4) is 0 Å². The second-order valence-electron chi connectivity index (χ2n) is 4.94. The van der Waals surface area contributed by atoms with Gasteiger partial charge in [-0.05, 0) is 24.7 Å². The third-order valence-electron chi connectivity index (χ3n) is 2.06. The highest BCUT2D eigenvalue weighted by Crippen LogP contribution is 2.17. The molecule has 16 heavy (non-hydrogen) atoms. The number of hydrogen-bond donors (Lipinski definition) is 1. The molecule has 0 rings (SSSR count). The maximum atomic E-state index is 11.2. The van der Waals surface area contributed by atoms with Gasteiger partial charge in [0, 0.05) is 0 Å². The van der Waals surface area contributed by atoms with Gasteiger partial charge in [0.15, 0.2) is 0 Å². The van der Waals surface area contributed by atoms with Crippen molar-refractivity contribution < 1.29 is 19.4 Å². The van der Waals surface area contributed by atoms with E-state index in [1.54, 1.807) is 0 Å². The minimum absolute atomic E-state index is 0.160. The first-order chi connectivity index (χ1) is 7.31. The number of ether oxygens (including phenoxy) is 1. The number of carbonyl (C=O) groups excluding carboxylic acids is 1. The monoisotopic (exact) mass is 230 g/mol. The lowest BCUT2D eigenvalue weighted by molar-refractivity contribution is -0.156. The summed E-state index contributed by atoms with van der Waals surface area (Å²) in [6, 6.07) is 0. The van der Waals surface area contributed by atoms with E-state index < -0.39 is 18.4 Å². The molecule has 0 aliphatic rings. The first kappa shape index (κ1) is 14.9. The average Bonchev–Trinajstić information content (AvgIpc) is 1.97. The van der Waals surface area contributed by atoms with E-state index in [0.717, 1.165) is 12.8 Å². The molecule has 4 heteroatoms. The molecule has 4 nitrogen and oxygen atoms in total. The highest BCUT2D eigenvalue weighted by molar-refractivity contribution is 5.90. The molecule has 0 aromatic heterocycles. The number of carboxylic acid groups (broad SMARTS) is 1. The molecule has 0 heterocycles. The normalized spacial score (nSPS) is 11.2. The second-order valence-corrected chi connectivity index (χ2v) is 4.94. The Morgan fingerprint density at radius 1 is 1.06 bits per heavy atom. The van der Waals surface area contributed by atoms with Crippen LogP contribution >= 0.6 is 0 Å². The van der Waals surface area contributed by atoms with Crippen LogP contribution in [0.2, 0.25) is 0 Å². The zero-order chi connectivity index (χ0) is 12.7. The lowest BCUT2D eigenvalue weighted by Crippen LogP contribution is -2.23. The van der Waals surface area contributed by atoms with E-state index in [1.165, 1.54) is 0 Å². The quantitative estimate of drug-likeness (QED) is 0.539. The topological polar surface area (TPSA) is 63.6 Å². The van der Waals surface area contributed by atoms with E-state index in [1.807, 2.05) is 0 Å². The van der Waals surface area contributed by atoms with Crippen molar-refractivity contribution in [1.82, 2.24) is 0 Å². The zero-order valence-corrected chi connectivity index (χ0v) is 10.5. The molecule has 0 fully saturated rings. The fourth-order valence-electron chi connectivity index (χ4n) is 1.60. The lowest BCUT2D eigenvalue weighted by Gasteiger charge is -2.21. The van der Waals surface area contributed by atoms with Crippen LogP contribution in [0, 0.1) is 11.8 Å². The number of aliphatic carboxylic acids is 1. The van der Waals surface area contributed by atoms with Crippen molar-refractivity contribution in [2.75, 3.05) is 0 Å². The highest BCUT2D eigenvalue weighted by atomic mass is 16.5. The number of hydrogen-bond acceptors (Lipinski definition) is 3. The number of carbonyl (C=O) groups is 2. The molecule has 1 N–H and O–H groups in total. The van der Waals surface area contributed by atoms with Crippen LogP contribution in [0.25, 0.3) is 0 Å². The van der Waals surface area contributed by atoms with Crippen molar-refractivity contribution in [3.63, 3.8) is 0 Å². The predicted octanol–water partition coefficient (Wildman–Crippen LogP) is 2.47. The molecular formula is C12H22O4. The Labute approximate surface area is 97.0 Å². The van der Waals surface area contributed by atoms with Gasteiger partial charge in [-0.25, -0.2) is 0 Å². The van der Waals surface area contributed by atoms with E-state index in [-0.39, 0.29) is 6.10 Å². The van der Waals surface area contributed by atoms with Crippen molar-refractivity contribution in [3.05, 3.63) is 0 Å². The van der Waals surface area contributed by atoms with Crippen LogP contribution in [0.5, 0.6) is 0 Å². The molecule has 0 radical (unpaired) electrons. The van der Waals surface area contributed by atoms with Gasteiger partial charge in [-0.2, -0.15) is 0 Å². The summed E-state index contributed by atoms with van der Waals surface area (Å²) in [5.74, 6) is -0.917. The highest BCUT2D eigenvalue weighted by Gasteiger charge is 2.19. The summed E-state index contributed by atoms with van der Waals surface area (Å²) in [7, 11) is 0. The van der Waals surface area contributed by atoms with E-state index in [2.05, 4.69) is 27.7 Å². The van der Waals surface area contributed by atoms with Gasteiger partial charge in [-0.1, -0.05) is 27.7 Å². The van der Waals surface area contributed by atoms with Gasteiger partial charge in [-0.15, -0.1) is 0 Å². The summed E-state index contributed by atoms with van der Waals surface area (Å²) < 4.78 is 5.16. The predicted molar refractivity (Wildman–Crippen MR) is 61.0 cm³/mol. The largest absolute Gasteiger partial charge is 0.481 e. The Bertz CT molecular complexity index is 223. The lowest BCUT2D eigenvalue weighted by atomic mass is 9.98. The molecule has 0 aromatic carbocycles. The van der Waals surface area contributed by atoms with Gasteiger partial charge in [-0.3, -0.25) is 9.59 Å². The van der Waals surface area contributed by atoms with Gasteiger partial charge in [0.2, 0.25) is 0 Å². The molecule has 0 atom stereocenters. The molecule has 0 aliphatic heterocycles. The number of esters is 1. The van der Waals surface area contributed by atoms with E-state index >= 15 is 0 Å². The maximum absolute atomic E-state index is 11.2. The summed E-state index contributed by atoms with van der Waals surface area (Å²) in [5, 5.41) is 8.46. The van der Waals surface area contributed by atoms with E-state index in [9.17, 15) is 9.59 Å². The first-order valence-corrected chi connectivity index (χ1v) is 5.72. The molecule has 0 saturated carbocycles. The van der Waals surface area contributed by atoms with Crippen molar-refractivity contribution in [2.45, 2.75) is 53.1 Å². The smallest absolute Gasteiger partial charge is 0.317 e. The molecule has 0 aromatic rings. The average molecular weight is 230 g/mol. The summed E-state index contributed by atoms with van der Waals surface area (Å²) >= 11 is 0. The molecule has 94 valence electrons. The van der Waals surface area contributed by atoms with Crippen molar-refractivity contribution in [1.29, 1.82) is 0 Å². The fraction of sp³-hybridized carbons (Fsp3) is 0.833. The van der Waals surface area contributed by atoms with Crippen LogP contribution in [0.15, 0.2) is 0 Å². The number of carboxylic acids is 1. The third kappa shape index (κ3) is 8.26. The van der Waals surface area contributed by atoms with Crippen LogP contribution in [-0.4, -0.2) is 23.1 Å². The molecule has 0 aliphatic carbocycles. The first-order valence-electron chi connectivity index (χ1n) is 5.72. The molecule has 0 amide bonds. The summed E-state index contributed by atoms with van der Waals surface area (Å²) in [4.78, 5) is 21.6. The van der Waals surface area contributed by atoms with Crippen LogP contribution in [0.1, 0.15) is 47.0 Å². The van der Waals surface area contributed by atoms with Gasteiger partial charge in [0.05, 0.1) is 0 Å². The third-order valence-corrected chi connectivity index (χ3v) is 2.06. The van der Waals surface area contributed by atoms with Crippen LogP contribution in [0.3, 0.4) is 0 Å². The Morgan fingerprint density at radius 2 is 1.50 bits per heavy atom. The van der Waals surface area contributed by atoms with Crippen LogP contribution < -0.4 is 0 Å².